The molecule has 5 aliphatic rings. The lowest BCUT2D eigenvalue weighted by molar-refractivity contribution is -0.188. The zero-order valence-corrected chi connectivity index (χ0v) is 19.1. The van der Waals surface area contributed by atoms with Gasteiger partial charge in [0.15, 0.2) is 18.0 Å². The van der Waals surface area contributed by atoms with Crippen molar-refractivity contribution >= 4 is 17.5 Å². The fourth-order valence-corrected chi connectivity index (χ4v) is 8.23. The minimum Gasteiger partial charge on any atom is -0.458 e. The van der Waals surface area contributed by atoms with Crippen LogP contribution >= 0.6 is 0 Å². The van der Waals surface area contributed by atoms with Crippen LogP contribution in [0.25, 0.3) is 0 Å². The van der Waals surface area contributed by atoms with Gasteiger partial charge in [-0.15, -0.1) is 0 Å². The van der Waals surface area contributed by atoms with Gasteiger partial charge in [-0.1, -0.05) is 32.4 Å². The molecule has 1 N–H and O–H groups in total. The summed E-state index contributed by atoms with van der Waals surface area (Å²) in [6.45, 7) is 7.26. The van der Waals surface area contributed by atoms with Crippen LogP contribution in [0.1, 0.15) is 47.0 Å². The molecule has 0 bridgehead atoms. The van der Waals surface area contributed by atoms with Crippen LogP contribution in [0.15, 0.2) is 23.8 Å². The lowest BCUT2D eigenvalue weighted by Crippen LogP contribution is -2.64. The zero-order chi connectivity index (χ0) is 23.1. The number of hydrogen-bond donors (Lipinski definition) is 1. The van der Waals surface area contributed by atoms with Crippen LogP contribution in [0.4, 0.5) is 0 Å². The molecule has 4 aliphatic carbocycles. The van der Waals surface area contributed by atoms with E-state index in [-0.39, 0.29) is 48.6 Å². The number of aliphatic hydroxyl groups is 1. The first kappa shape index (κ1) is 22.0. The van der Waals surface area contributed by atoms with Gasteiger partial charge >= 0.3 is 5.97 Å². The Hall–Kier alpha value is -1.83. The van der Waals surface area contributed by atoms with E-state index in [1.165, 1.54) is 6.92 Å². The van der Waals surface area contributed by atoms with E-state index in [1.54, 1.807) is 12.2 Å². The van der Waals surface area contributed by atoms with Crippen molar-refractivity contribution in [1.29, 1.82) is 0 Å². The van der Waals surface area contributed by atoms with E-state index in [0.29, 0.717) is 12.8 Å². The molecule has 0 aromatic carbocycles. The van der Waals surface area contributed by atoms with Crippen molar-refractivity contribution in [3.8, 4) is 0 Å². The number of esters is 1. The Labute approximate surface area is 188 Å². The predicted molar refractivity (Wildman–Crippen MR) is 113 cm³/mol. The first-order chi connectivity index (χ1) is 15.0. The summed E-state index contributed by atoms with van der Waals surface area (Å²) in [6.07, 6.45) is 6.17. The second-order valence-corrected chi connectivity index (χ2v) is 10.8. The predicted octanol–water partition coefficient (Wildman–Crippen LogP) is 2.36. The fraction of sp³-hybridized carbons (Fsp3) is 0.720. The maximum atomic E-state index is 13.4. The molecule has 1 aliphatic heterocycles. The van der Waals surface area contributed by atoms with Gasteiger partial charge in [0.1, 0.15) is 6.79 Å². The minimum atomic E-state index is -1.22. The van der Waals surface area contributed by atoms with Gasteiger partial charge in [0, 0.05) is 23.7 Å². The first-order valence-corrected chi connectivity index (χ1v) is 11.6. The number of ketones is 2. The molecule has 1 saturated heterocycles. The molecule has 0 aromatic heterocycles. The number of ether oxygens (including phenoxy) is 3. The molecule has 0 radical (unpaired) electrons. The number of hydrogen-bond acceptors (Lipinski definition) is 7. The van der Waals surface area contributed by atoms with Gasteiger partial charge in [0.05, 0.1) is 12.2 Å². The summed E-state index contributed by atoms with van der Waals surface area (Å²) in [4.78, 5) is 36.9. The van der Waals surface area contributed by atoms with Crippen molar-refractivity contribution in [2.45, 2.75) is 64.8 Å². The van der Waals surface area contributed by atoms with Gasteiger partial charge in [-0.05, 0) is 49.2 Å². The second-order valence-electron chi connectivity index (χ2n) is 10.8. The highest BCUT2D eigenvalue weighted by atomic mass is 16.7. The van der Waals surface area contributed by atoms with E-state index in [0.717, 1.165) is 12.0 Å². The summed E-state index contributed by atoms with van der Waals surface area (Å²) in [5.74, 6) is -0.397. The number of carbonyl (C=O) groups is 3. The van der Waals surface area contributed by atoms with E-state index in [9.17, 15) is 19.5 Å². The van der Waals surface area contributed by atoms with Crippen LogP contribution < -0.4 is 0 Å². The number of fused-ring (bicyclic) bond motifs is 7. The number of Topliss-reactive ketones (excluding diaryl/α,β-unsaturated/α-hetero) is 1. The second kappa shape index (κ2) is 7.08. The number of allylic oxidation sites excluding steroid dienone is 4. The van der Waals surface area contributed by atoms with Crippen LogP contribution in [-0.2, 0) is 28.6 Å². The van der Waals surface area contributed by atoms with E-state index in [2.05, 4.69) is 13.8 Å². The first-order valence-electron chi connectivity index (χ1n) is 11.6. The van der Waals surface area contributed by atoms with Gasteiger partial charge < -0.3 is 19.3 Å². The van der Waals surface area contributed by atoms with Gasteiger partial charge in [-0.25, -0.2) is 0 Å². The number of rotatable bonds is 3. The Kier molecular flexibility index (Phi) is 4.87. The molecule has 0 amide bonds. The topological polar surface area (TPSA) is 99.1 Å². The quantitative estimate of drug-likeness (QED) is 0.667. The lowest BCUT2D eigenvalue weighted by atomic mass is 9.44. The average molecular weight is 445 g/mol. The van der Waals surface area contributed by atoms with E-state index < -0.39 is 34.6 Å². The van der Waals surface area contributed by atoms with E-state index in [4.69, 9.17) is 14.2 Å². The fourth-order valence-electron chi connectivity index (χ4n) is 8.23. The third-order valence-corrected chi connectivity index (χ3v) is 9.35. The molecule has 0 aromatic rings. The number of carbonyl (C=O) groups excluding carboxylic acids is 3. The summed E-state index contributed by atoms with van der Waals surface area (Å²) in [5, 5.41) is 11.6. The highest BCUT2D eigenvalue weighted by molar-refractivity contribution is 6.01. The molecule has 32 heavy (non-hydrogen) atoms. The van der Waals surface area contributed by atoms with E-state index in [1.807, 2.05) is 13.0 Å². The number of aliphatic hydroxyl groups excluding tert-OH is 1. The van der Waals surface area contributed by atoms with Crippen LogP contribution in [0.2, 0.25) is 0 Å². The van der Waals surface area contributed by atoms with Crippen molar-refractivity contribution in [3.05, 3.63) is 23.8 Å². The van der Waals surface area contributed by atoms with Crippen LogP contribution in [-0.4, -0.2) is 53.9 Å². The molecular formula is C25H32O7. The summed E-state index contributed by atoms with van der Waals surface area (Å²) in [7, 11) is 0. The Bertz CT molecular complexity index is 937. The smallest absolute Gasteiger partial charge is 0.303 e. The minimum absolute atomic E-state index is 0.00475. The SMILES string of the molecule is CC(=O)OCC(=O)[C@@]12OCO[C@@H]1C[C@H]1[C@@H]3C[C@H](C)C4=CC(=O)C=C[C@]4(C)[C@H]3[C@@H](O)C[C@@]12C. The summed E-state index contributed by atoms with van der Waals surface area (Å²) in [5.41, 5.74) is -1.17. The molecule has 3 saturated carbocycles. The normalized spacial score (nSPS) is 48.9. The Morgan fingerprint density at radius 3 is 2.75 bits per heavy atom. The van der Waals surface area contributed by atoms with Crippen molar-refractivity contribution in [3.63, 3.8) is 0 Å². The van der Waals surface area contributed by atoms with Gasteiger partial charge in [-0.3, -0.25) is 14.4 Å². The van der Waals surface area contributed by atoms with Crippen LogP contribution in [0, 0.1) is 34.5 Å². The molecule has 0 unspecified atom stereocenters. The molecule has 174 valence electrons. The molecule has 9 atom stereocenters. The van der Waals surface area contributed by atoms with Crippen molar-refractivity contribution in [1.82, 2.24) is 0 Å². The lowest BCUT2D eigenvalue weighted by Gasteiger charge is -2.60. The monoisotopic (exact) mass is 444 g/mol. The van der Waals surface area contributed by atoms with E-state index >= 15 is 0 Å². The van der Waals surface area contributed by atoms with Crippen molar-refractivity contribution in [2.24, 2.45) is 34.5 Å². The standard InChI is InChI=1S/C25H32O7/c1-13-7-16-18-9-21-25(32-12-31-21,20(29)11-30-14(2)26)24(18,4)10-19(28)22(16)23(3)6-5-15(27)8-17(13)23/h5-6,8,13,16,18-19,21-22,28H,7,9-12H2,1-4H3/t13-,16-,18-,19-,21+,22+,23-,24-,25+/m0/s1. The molecule has 4 fully saturated rings. The third kappa shape index (κ3) is 2.68. The maximum absolute atomic E-state index is 13.4. The Morgan fingerprint density at radius 2 is 2.03 bits per heavy atom. The molecule has 5 rings (SSSR count). The highest BCUT2D eigenvalue weighted by Crippen LogP contribution is 2.69. The Morgan fingerprint density at radius 1 is 1.28 bits per heavy atom. The summed E-state index contributed by atoms with van der Waals surface area (Å²) < 4.78 is 17.1. The summed E-state index contributed by atoms with van der Waals surface area (Å²) >= 11 is 0. The molecular weight excluding hydrogens is 412 g/mol. The van der Waals surface area contributed by atoms with Crippen molar-refractivity contribution < 1.29 is 33.7 Å². The molecule has 7 nitrogen and oxygen atoms in total. The third-order valence-electron chi connectivity index (χ3n) is 9.35. The molecule has 0 spiro atoms. The molecule has 7 heteroatoms. The Balaban J connectivity index is 1.55. The zero-order valence-electron chi connectivity index (χ0n) is 19.1. The average Bonchev–Trinajstić information content (AvgIpc) is 3.24. The van der Waals surface area contributed by atoms with Gasteiger partial charge in [0.2, 0.25) is 5.78 Å². The molecule has 1 heterocycles. The summed E-state index contributed by atoms with van der Waals surface area (Å²) in [6, 6.07) is 0. The van der Waals surface area contributed by atoms with Crippen LogP contribution in [0.3, 0.4) is 0 Å². The van der Waals surface area contributed by atoms with Gasteiger partial charge in [-0.2, -0.15) is 0 Å². The highest BCUT2D eigenvalue weighted by Gasteiger charge is 2.75. The van der Waals surface area contributed by atoms with Gasteiger partial charge in [0.25, 0.3) is 0 Å². The maximum Gasteiger partial charge on any atom is 0.303 e. The van der Waals surface area contributed by atoms with Crippen LogP contribution in [0.5, 0.6) is 0 Å². The largest absolute Gasteiger partial charge is 0.458 e. The van der Waals surface area contributed by atoms with Crippen molar-refractivity contribution in [2.75, 3.05) is 13.4 Å².